The summed E-state index contributed by atoms with van der Waals surface area (Å²) in [6.45, 7) is 2.16. The number of nitrogens with two attached hydrogens (primary N) is 1. The van der Waals surface area contributed by atoms with Crippen LogP contribution in [0.5, 0.6) is 0 Å². The first-order valence-electron chi connectivity index (χ1n) is 6.42. The molecule has 0 aliphatic heterocycles. The summed E-state index contributed by atoms with van der Waals surface area (Å²) < 4.78 is 40.7. The van der Waals surface area contributed by atoms with Crippen LogP contribution in [0.4, 0.5) is 4.39 Å². The molecule has 2 atom stereocenters. The number of benzene rings is 1. The molecule has 1 aromatic rings. The second-order valence-electron chi connectivity index (χ2n) is 5.09. The van der Waals surface area contributed by atoms with Gasteiger partial charge in [-0.25, -0.2) is 17.5 Å². The Hall–Kier alpha value is -0.980. The van der Waals surface area contributed by atoms with Crippen LogP contribution in [0.15, 0.2) is 23.1 Å². The summed E-state index contributed by atoms with van der Waals surface area (Å²) in [7, 11) is -3.81. The van der Waals surface area contributed by atoms with Crippen LogP contribution in [0.25, 0.3) is 0 Å². The Balaban J connectivity index is 2.23. The van der Waals surface area contributed by atoms with E-state index in [4.69, 9.17) is 5.73 Å². The first kappa shape index (κ1) is 14.4. The van der Waals surface area contributed by atoms with Crippen molar-refractivity contribution in [2.24, 2.45) is 11.7 Å². The summed E-state index contributed by atoms with van der Waals surface area (Å²) in [5.74, 6) is -0.571. The molecule has 0 aromatic heterocycles. The van der Waals surface area contributed by atoms with Crippen molar-refractivity contribution in [2.45, 2.75) is 37.1 Å². The highest BCUT2D eigenvalue weighted by Gasteiger charge is 2.31. The van der Waals surface area contributed by atoms with E-state index in [0.29, 0.717) is 12.1 Å². The normalized spacial score (nSPS) is 23.7. The van der Waals surface area contributed by atoms with Crippen molar-refractivity contribution in [3.8, 4) is 0 Å². The molecular weight excluding hydrogens is 267 g/mol. The van der Waals surface area contributed by atoms with Gasteiger partial charge < -0.3 is 5.73 Å². The molecule has 0 saturated heterocycles. The Bertz CT molecular complexity index is 560. The van der Waals surface area contributed by atoms with Crippen LogP contribution in [0.1, 0.15) is 24.8 Å². The van der Waals surface area contributed by atoms with Gasteiger partial charge in [-0.15, -0.1) is 0 Å². The standard InChI is InChI=1S/C13H19FN2O2S/c1-9-5-6-13(11(14)7-9)19(17,18)16-12-4-2-3-10(12)8-15/h5-7,10,12,16H,2-4,8,15H2,1H3/t10-,12+/m1/s1. The summed E-state index contributed by atoms with van der Waals surface area (Å²) >= 11 is 0. The van der Waals surface area contributed by atoms with Crippen molar-refractivity contribution >= 4 is 10.0 Å². The Kier molecular flexibility index (Phi) is 4.23. The van der Waals surface area contributed by atoms with Gasteiger partial charge in [-0.2, -0.15) is 0 Å². The SMILES string of the molecule is Cc1ccc(S(=O)(=O)N[C@H]2CCC[C@@H]2CN)c(F)c1. The summed E-state index contributed by atoms with van der Waals surface area (Å²) in [4.78, 5) is -0.291. The van der Waals surface area contributed by atoms with Crippen LogP contribution in [0.3, 0.4) is 0 Å². The van der Waals surface area contributed by atoms with Gasteiger partial charge >= 0.3 is 0 Å². The minimum absolute atomic E-state index is 0.142. The molecule has 1 saturated carbocycles. The maximum absolute atomic E-state index is 13.8. The van der Waals surface area contributed by atoms with Gasteiger partial charge in [0, 0.05) is 6.04 Å². The number of hydrogen-bond acceptors (Lipinski definition) is 3. The van der Waals surface area contributed by atoms with E-state index in [1.54, 1.807) is 13.0 Å². The summed E-state index contributed by atoms with van der Waals surface area (Å²) in [6, 6.07) is 3.94. The quantitative estimate of drug-likeness (QED) is 0.882. The molecule has 4 nitrogen and oxygen atoms in total. The monoisotopic (exact) mass is 286 g/mol. The highest BCUT2D eigenvalue weighted by Crippen LogP contribution is 2.26. The lowest BCUT2D eigenvalue weighted by atomic mass is 10.1. The summed E-state index contributed by atoms with van der Waals surface area (Å²) in [5, 5.41) is 0. The zero-order valence-corrected chi connectivity index (χ0v) is 11.7. The second-order valence-corrected chi connectivity index (χ2v) is 6.77. The lowest BCUT2D eigenvalue weighted by Gasteiger charge is -2.19. The van der Waals surface area contributed by atoms with Gasteiger partial charge in [0.1, 0.15) is 10.7 Å². The van der Waals surface area contributed by atoms with Gasteiger partial charge in [0.2, 0.25) is 10.0 Å². The molecule has 2 rings (SSSR count). The van der Waals surface area contributed by atoms with Gasteiger partial charge in [-0.1, -0.05) is 12.5 Å². The Morgan fingerprint density at radius 2 is 2.16 bits per heavy atom. The third-order valence-corrected chi connectivity index (χ3v) is 5.17. The molecule has 0 spiro atoms. The fraction of sp³-hybridized carbons (Fsp3) is 0.538. The average Bonchev–Trinajstić information content (AvgIpc) is 2.74. The molecule has 0 unspecified atom stereocenters. The summed E-state index contributed by atoms with van der Waals surface area (Å²) in [6.07, 6.45) is 2.63. The fourth-order valence-electron chi connectivity index (χ4n) is 2.56. The Morgan fingerprint density at radius 3 is 2.79 bits per heavy atom. The maximum atomic E-state index is 13.8. The molecule has 1 fully saturated rings. The van der Waals surface area contributed by atoms with Gasteiger partial charge in [0.25, 0.3) is 0 Å². The molecule has 6 heteroatoms. The Morgan fingerprint density at radius 1 is 1.42 bits per heavy atom. The van der Waals surface area contributed by atoms with E-state index >= 15 is 0 Å². The van der Waals surface area contributed by atoms with E-state index in [9.17, 15) is 12.8 Å². The van der Waals surface area contributed by atoms with E-state index in [2.05, 4.69) is 4.72 Å². The van der Waals surface area contributed by atoms with Gasteiger partial charge in [0.05, 0.1) is 0 Å². The third-order valence-electron chi connectivity index (χ3n) is 3.65. The minimum Gasteiger partial charge on any atom is -0.330 e. The molecule has 0 radical (unpaired) electrons. The number of rotatable bonds is 4. The zero-order valence-electron chi connectivity index (χ0n) is 10.9. The van der Waals surface area contributed by atoms with Crippen molar-refractivity contribution in [3.63, 3.8) is 0 Å². The fourth-order valence-corrected chi connectivity index (χ4v) is 3.96. The predicted octanol–water partition coefficient (Wildman–Crippen LogP) is 1.54. The second kappa shape index (κ2) is 5.56. The third kappa shape index (κ3) is 3.13. The van der Waals surface area contributed by atoms with E-state index in [0.717, 1.165) is 19.3 Å². The predicted molar refractivity (Wildman–Crippen MR) is 71.6 cm³/mol. The molecule has 0 bridgehead atoms. The molecule has 1 aliphatic rings. The van der Waals surface area contributed by atoms with Crippen molar-refractivity contribution in [3.05, 3.63) is 29.6 Å². The first-order chi connectivity index (χ1) is 8.94. The van der Waals surface area contributed by atoms with Crippen LogP contribution < -0.4 is 10.5 Å². The number of halogens is 1. The van der Waals surface area contributed by atoms with Crippen molar-refractivity contribution < 1.29 is 12.8 Å². The van der Waals surface area contributed by atoms with Crippen LogP contribution in [0, 0.1) is 18.7 Å². The minimum atomic E-state index is -3.81. The number of nitrogens with one attached hydrogen (secondary N) is 1. The van der Waals surface area contributed by atoms with Crippen LogP contribution in [-0.4, -0.2) is 21.0 Å². The topological polar surface area (TPSA) is 72.2 Å². The van der Waals surface area contributed by atoms with E-state index in [1.807, 2.05) is 0 Å². The molecule has 106 valence electrons. The molecule has 1 aliphatic carbocycles. The maximum Gasteiger partial charge on any atom is 0.243 e. The van der Waals surface area contributed by atoms with E-state index in [-0.39, 0.29) is 16.9 Å². The van der Waals surface area contributed by atoms with Crippen LogP contribution in [-0.2, 0) is 10.0 Å². The molecule has 0 heterocycles. The first-order valence-corrected chi connectivity index (χ1v) is 7.91. The van der Waals surface area contributed by atoms with Crippen molar-refractivity contribution in [1.29, 1.82) is 0 Å². The van der Waals surface area contributed by atoms with Crippen molar-refractivity contribution in [2.75, 3.05) is 6.54 Å². The van der Waals surface area contributed by atoms with E-state index in [1.165, 1.54) is 12.1 Å². The van der Waals surface area contributed by atoms with Crippen LogP contribution in [0.2, 0.25) is 0 Å². The Labute approximate surface area is 113 Å². The molecule has 1 aromatic carbocycles. The number of hydrogen-bond donors (Lipinski definition) is 2. The smallest absolute Gasteiger partial charge is 0.243 e. The van der Waals surface area contributed by atoms with E-state index < -0.39 is 15.8 Å². The lowest BCUT2D eigenvalue weighted by molar-refractivity contribution is 0.451. The van der Waals surface area contributed by atoms with Gasteiger partial charge in [-0.05, 0) is 49.9 Å². The van der Waals surface area contributed by atoms with Crippen molar-refractivity contribution in [1.82, 2.24) is 4.72 Å². The molecule has 3 N–H and O–H groups in total. The molecule has 0 amide bonds. The van der Waals surface area contributed by atoms with Gasteiger partial charge in [-0.3, -0.25) is 0 Å². The van der Waals surface area contributed by atoms with Gasteiger partial charge in [0.15, 0.2) is 0 Å². The highest BCUT2D eigenvalue weighted by atomic mass is 32.2. The number of aryl methyl sites for hydroxylation is 1. The highest BCUT2D eigenvalue weighted by molar-refractivity contribution is 7.89. The zero-order chi connectivity index (χ0) is 14.0. The molecule has 19 heavy (non-hydrogen) atoms. The molecular formula is C13H19FN2O2S. The average molecular weight is 286 g/mol. The number of sulfonamides is 1. The van der Waals surface area contributed by atoms with Crippen LogP contribution >= 0.6 is 0 Å². The summed E-state index contributed by atoms with van der Waals surface area (Å²) in [5.41, 5.74) is 6.31. The lowest BCUT2D eigenvalue weighted by Crippen LogP contribution is -2.40. The largest absolute Gasteiger partial charge is 0.330 e.